The molecule has 0 aliphatic carbocycles. The molecule has 0 radical (unpaired) electrons. The van der Waals surface area contributed by atoms with Crippen LogP contribution in [-0.2, 0) is 4.74 Å². The molecule has 1 amide bonds. The summed E-state index contributed by atoms with van der Waals surface area (Å²) in [6.07, 6.45) is 6.94. The Kier molecular flexibility index (Phi) is 7.61. The highest BCUT2D eigenvalue weighted by Gasteiger charge is 2.37. The molecule has 1 saturated heterocycles. The van der Waals surface area contributed by atoms with Crippen LogP contribution in [0.2, 0.25) is 0 Å². The zero-order valence-electron chi connectivity index (χ0n) is 22.8. The lowest BCUT2D eigenvalue weighted by atomic mass is 10.2. The molecule has 0 spiro atoms. The van der Waals surface area contributed by atoms with Crippen molar-refractivity contribution in [3.05, 3.63) is 48.6 Å². The van der Waals surface area contributed by atoms with Crippen LogP contribution in [0.1, 0.15) is 46.9 Å². The topological polar surface area (TPSA) is 114 Å². The van der Waals surface area contributed by atoms with Gasteiger partial charge in [-0.3, -0.25) is 0 Å². The number of halogens is 1. The molecule has 1 aliphatic rings. The molecule has 3 aromatic heterocycles. The van der Waals surface area contributed by atoms with Gasteiger partial charge >= 0.3 is 6.09 Å². The number of nitrogens with one attached hydrogen (secondary N) is 1. The van der Waals surface area contributed by atoms with E-state index in [0.29, 0.717) is 23.6 Å². The van der Waals surface area contributed by atoms with Gasteiger partial charge in [0.2, 0.25) is 5.95 Å². The van der Waals surface area contributed by atoms with Crippen molar-refractivity contribution in [3.63, 3.8) is 0 Å². The van der Waals surface area contributed by atoms with Gasteiger partial charge in [0, 0.05) is 49.8 Å². The van der Waals surface area contributed by atoms with Crippen LogP contribution in [0.25, 0.3) is 11.3 Å². The molecule has 2 atom stereocenters. The van der Waals surface area contributed by atoms with Gasteiger partial charge in [-0.1, -0.05) is 0 Å². The van der Waals surface area contributed by atoms with Crippen LogP contribution in [0, 0.1) is 12.7 Å². The maximum absolute atomic E-state index is 13.9. The summed E-state index contributed by atoms with van der Waals surface area (Å²) >= 11 is 0. The highest BCUT2D eigenvalue weighted by atomic mass is 19.1. The quantitative estimate of drug-likeness (QED) is 0.386. The second-order valence-electron chi connectivity index (χ2n) is 10.4. The SMILES string of the molecule is CC(=Nn1c(-c2cnc(Nc3ncccc3F)nc2)cnc1C)N(C)C1CC(C)N(C(=O)OC(C)(C)C)C1. The highest BCUT2D eigenvalue weighted by molar-refractivity contribution is 5.80. The van der Waals surface area contributed by atoms with E-state index < -0.39 is 11.4 Å². The van der Waals surface area contributed by atoms with Gasteiger partial charge in [0.25, 0.3) is 0 Å². The summed E-state index contributed by atoms with van der Waals surface area (Å²) in [5.41, 5.74) is 0.864. The van der Waals surface area contributed by atoms with Gasteiger partial charge in [-0.25, -0.2) is 33.8 Å². The number of carbonyl (C=O) groups is 1. The standard InChI is InChI=1S/C26H34FN9O2/c1-16-11-20(15-35(16)25(37)38-26(4,5)6)34(7)18(3)33-36-17(2)29-14-22(36)19-12-30-24(31-13-19)32-23-21(27)9-8-10-28-23/h8-10,12-14,16,20H,11,15H2,1-7H3,(H,28,30,31,32). The molecule has 202 valence electrons. The first-order valence-electron chi connectivity index (χ1n) is 12.4. The molecule has 1 N–H and O–H groups in total. The lowest BCUT2D eigenvalue weighted by Gasteiger charge is -2.28. The fraction of sp³-hybridized carbons (Fsp3) is 0.462. The molecule has 1 fully saturated rings. The first kappa shape index (κ1) is 27.0. The number of carbonyl (C=O) groups excluding carboxylic acids is 1. The molecule has 1 aliphatic heterocycles. The van der Waals surface area contributed by atoms with Crippen molar-refractivity contribution in [2.24, 2.45) is 5.10 Å². The lowest BCUT2D eigenvalue weighted by Crippen LogP contribution is -2.41. The number of hydrogen-bond donors (Lipinski definition) is 1. The van der Waals surface area contributed by atoms with E-state index >= 15 is 0 Å². The van der Waals surface area contributed by atoms with Gasteiger partial charge in [-0.2, -0.15) is 5.10 Å². The minimum Gasteiger partial charge on any atom is -0.444 e. The number of ether oxygens (including phenoxy) is 1. The summed E-state index contributed by atoms with van der Waals surface area (Å²) in [5, 5.41) is 7.60. The van der Waals surface area contributed by atoms with Crippen LogP contribution in [0.15, 0.2) is 42.0 Å². The molecular formula is C26H34FN9O2. The number of amides is 1. The van der Waals surface area contributed by atoms with Gasteiger partial charge in [-0.15, -0.1) is 0 Å². The van der Waals surface area contributed by atoms with Crippen molar-refractivity contribution in [2.45, 2.75) is 65.6 Å². The number of likely N-dealkylation sites (N-methyl/N-ethyl adjacent to an activating group) is 1. The summed E-state index contributed by atoms with van der Waals surface area (Å²) in [7, 11) is 1.97. The van der Waals surface area contributed by atoms with Gasteiger partial charge < -0.3 is 19.9 Å². The third-order valence-corrected chi connectivity index (χ3v) is 6.33. The molecule has 4 heterocycles. The van der Waals surface area contributed by atoms with Crippen molar-refractivity contribution >= 4 is 23.7 Å². The number of anilines is 2. The van der Waals surface area contributed by atoms with E-state index in [-0.39, 0.29) is 29.9 Å². The maximum Gasteiger partial charge on any atom is 0.410 e. The monoisotopic (exact) mass is 523 g/mol. The average molecular weight is 524 g/mol. The summed E-state index contributed by atoms with van der Waals surface area (Å²) in [5.74, 6) is 1.24. The Labute approximate surface area is 221 Å². The van der Waals surface area contributed by atoms with Gasteiger partial charge in [0.15, 0.2) is 11.6 Å². The Morgan fingerprint density at radius 3 is 2.58 bits per heavy atom. The van der Waals surface area contributed by atoms with Crippen LogP contribution in [-0.4, -0.2) is 77.6 Å². The third-order valence-electron chi connectivity index (χ3n) is 6.33. The number of nitrogens with zero attached hydrogens (tertiary/aromatic N) is 8. The number of amidine groups is 1. The molecule has 2 unspecified atom stereocenters. The average Bonchev–Trinajstić information content (AvgIpc) is 3.42. The fourth-order valence-corrected chi connectivity index (χ4v) is 4.21. The number of imidazole rings is 1. The number of aryl methyl sites for hydroxylation is 1. The van der Waals surface area contributed by atoms with E-state index in [1.807, 2.05) is 48.6 Å². The normalized spacial score (nSPS) is 18.0. The number of hydrogen-bond acceptors (Lipinski definition) is 8. The zero-order chi connectivity index (χ0) is 27.6. The van der Waals surface area contributed by atoms with Crippen LogP contribution in [0.3, 0.4) is 0 Å². The van der Waals surface area contributed by atoms with Crippen molar-refractivity contribution in [1.29, 1.82) is 0 Å². The number of pyridine rings is 1. The van der Waals surface area contributed by atoms with Crippen LogP contribution < -0.4 is 5.32 Å². The van der Waals surface area contributed by atoms with Crippen LogP contribution in [0.5, 0.6) is 0 Å². The molecule has 38 heavy (non-hydrogen) atoms. The first-order valence-corrected chi connectivity index (χ1v) is 12.4. The lowest BCUT2D eigenvalue weighted by molar-refractivity contribution is 0.0233. The van der Waals surface area contributed by atoms with Gasteiger partial charge in [-0.05, 0) is 60.1 Å². The largest absolute Gasteiger partial charge is 0.444 e. The first-order chi connectivity index (χ1) is 17.9. The molecular weight excluding hydrogens is 489 g/mol. The van der Waals surface area contributed by atoms with E-state index in [2.05, 4.69) is 30.2 Å². The maximum atomic E-state index is 13.9. The molecule has 4 rings (SSSR count). The second-order valence-corrected chi connectivity index (χ2v) is 10.4. The van der Waals surface area contributed by atoms with Gasteiger partial charge in [0.05, 0.1) is 11.9 Å². The smallest absolute Gasteiger partial charge is 0.410 e. The van der Waals surface area contributed by atoms with Crippen molar-refractivity contribution in [2.75, 3.05) is 18.9 Å². The molecule has 0 bridgehead atoms. The minimum atomic E-state index is -0.542. The second kappa shape index (κ2) is 10.7. The van der Waals surface area contributed by atoms with E-state index in [9.17, 15) is 9.18 Å². The van der Waals surface area contributed by atoms with E-state index in [0.717, 1.165) is 12.3 Å². The Hall–Kier alpha value is -4.09. The minimum absolute atomic E-state index is 0.0517. The van der Waals surface area contributed by atoms with Crippen LogP contribution in [0.4, 0.5) is 21.0 Å². The summed E-state index contributed by atoms with van der Waals surface area (Å²) in [6, 6.07) is 2.97. The molecule has 3 aromatic rings. The number of likely N-dealkylation sites (tertiary alicyclic amines) is 1. The molecule has 12 heteroatoms. The van der Waals surface area contributed by atoms with Crippen molar-refractivity contribution < 1.29 is 13.9 Å². The predicted octanol–water partition coefficient (Wildman–Crippen LogP) is 4.44. The Bertz CT molecular complexity index is 1320. The van der Waals surface area contributed by atoms with Crippen molar-refractivity contribution in [1.82, 2.24) is 34.4 Å². The Morgan fingerprint density at radius 1 is 1.21 bits per heavy atom. The number of rotatable bonds is 5. The Balaban J connectivity index is 1.49. The third kappa shape index (κ3) is 6.06. The van der Waals surface area contributed by atoms with E-state index in [1.165, 1.54) is 18.3 Å². The van der Waals surface area contributed by atoms with Crippen molar-refractivity contribution in [3.8, 4) is 11.3 Å². The predicted molar refractivity (Wildman–Crippen MR) is 143 cm³/mol. The fourth-order valence-electron chi connectivity index (χ4n) is 4.21. The summed E-state index contributed by atoms with van der Waals surface area (Å²) in [6.45, 7) is 12.0. The summed E-state index contributed by atoms with van der Waals surface area (Å²) < 4.78 is 21.2. The van der Waals surface area contributed by atoms with E-state index in [4.69, 9.17) is 9.84 Å². The Morgan fingerprint density at radius 2 is 1.92 bits per heavy atom. The van der Waals surface area contributed by atoms with E-state index in [1.54, 1.807) is 28.2 Å². The molecule has 0 aromatic carbocycles. The van der Waals surface area contributed by atoms with Gasteiger partial charge in [0.1, 0.15) is 17.3 Å². The molecule has 0 saturated carbocycles. The summed E-state index contributed by atoms with van der Waals surface area (Å²) in [4.78, 5) is 33.5. The van der Waals surface area contributed by atoms with Crippen LogP contribution >= 0.6 is 0 Å². The molecule has 11 nitrogen and oxygen atoms in total. The zero-order valence-corrected chi connectivity index (χ0v) is 22.8. The number of aromatic nitrogens is 5. The highest BCUT2D eigenvalue weighted by Crippen LogP contribution is 2.25.